The summed E-state index contributed by atoms with van der Waals surface area (Å²) in [5.41, 5.74) is 0. The number of nitrogens with zero attached hydrogens (tertiary/aromatic N) is 1. The number of pyridine rings is 1. The monoisotopic (exact) mass is 211 g/mol. The van der Waals surface area contributed by atoms with Crippen LogP contribution in [0.2, 0.25) is 5.15 Å². The van der Waals surface area contributed by atoms with Gasteiger partial charge in [0.15, 0.2) is 0 Å². The predicted molar refractivity (Wildman–Crippen MR) is 56.7 cm³/mol. The van der Waals surface area contributed by atoms with Crippen LogP contribution in [0.25, 0.3) is 0 Å². The number of rotatable bonds is 3. The molecule has 2 rings (SSSR count). The highest BCUT2D eigenvalue weighted by atomic mass is 35.5. The summed E-state index contributed by atoms with van der Waals surface area (Å²) in [6, 6.07) is 3.61. The Morgan fingerprint density at radius 2 is 2.21 bits per heavy atom. The summed E-state index contributed by atoms with van der Waals surface area (Å²) in [6.07, 6.45) is 6.99. The second kappa shape index (κ2) is 4.65. The molecule has 0 atom stereocenters. The van der Waals surface area contributed by atoms with Crippen molar-refractivity contribution in [1.82, 2.24) is 4.98 Å². The van der Waals surface area contributed by atoms with Gasteiger partial charge in [-0.1, -0.05) is 24.4 Å². The SMILES string of the molecule is Clc1cc(OCC2CCCC2)ccn1. The third-order valence-corrected chi connectivity index (χ3v) is 2.87. The predicted octanol–water partition coefficient (Wildman–Crippen LogP) is 3.30. The first-order valence-electron chi connectivity index (χ1n) is 5.09. The third kappa shape index (κ3) is 2.61. The minimum atomic E-state index is 0.494. The Morgan fingerprint density at radius 1 is 1.43 bits per heavy atom. The second-order valence-electron chi connectivity index (χ2n) is 3.78. The summed E-state index contributed by atoms with van der Waals surface area (Å²) in [4.78, 5) is 3.91. The zero-order chi connectivity index (χ0) is 9.80. The molecule has 0 unspecified atom stereocenters. The molecule has 0 amide bonds. The molecule has 0 bridgehead atoms. The summed E-state index contributed by atoms with van der Waals surface area (Å²) in [5.74, 6) is 1.57. The van der Waals surface area contributed by atoms with Crippen LogP contribution in [0.3, 0.4) is 0 Å². The average Bonchev–Trinajstić information content (AvgIpc) is 2.67. The summed E-state index contributed by atoms with van der Waals surface area (Å²) in [7, 11) is 0. The van der Waals surface area contributed by atoms with Crippen LogP contribution in [0.5, 0.6) is 5.75 Å². The van der Waals surface area contributed by atoms with Gasteiger partial charge in [0, 0.05) is 12.3 Å². The van der Waals surface area contributed by atoms with Crippen molar-refractivity contribution in [3.05, 3.63) is 23.5 Å². The van der Waals surface area contributed by atoms with E-state index in [9.17, 15) is 0 Å². The molecule has 0 N–H and O–H groups in total. The summed E-state index contributed by atoms with van der Waals surface area (Å²) in [5, 5.41) is 0.494. The molecule has 0 aromatic carbocycles. The lowest BCUT2D eigenvalue weighted by atomic mass is 10.1. The number of ether oxygens (including phenoxy) is 1. The van der Waals surface area contributed by atoms with E-state index in [2.05, 4.69) is 4.98 Å². The van der Waals surface area contributed by atoms with Gasteiger partial charge in [0.2, 0.25) is 0 Å². The first-order chi connectivity index (χ1) is 6.84. The zero-order valence-electron chi connectivity index (χ0n) is 8.08. The van der Waals surface area contributed by atoms with Gasteiger partial charge in [0.1, 0.15) is 10.9 Å². The molecule has 1 aromatic heterocycles. The normalized spacial score (nSPS) is 17.2. The summed E-state index contributed by atoms with van der Waals surface area (Å²) < 4.78 is 5.65. The minimum Gasteiger partial charge on any atom is -0.493 e. The second-order valence-corrected chi connectivity index (χ2v) is 4.16. The largest absolute Gasteiger partial charge is 0.493 e. The van der Waals surface area contributed by atoms with Crippen LogP contribution in [-0.2, 0) is 0 Å². The van der Waals surface area contributed by atoms with Crippen LogP contribution >= 0.6 is 11.6 Å². The van der Waals surface area contributed by atoms with Gasteiger partial charge in [-0.05, 0) is 24.8 Å². The van der Waals surface area contributed by atoms with Crippen molar-refractivity contribution in [2.75, 3.05) is 6.61 Å². The van der Waals surface area contributed by atoms with Crippen molar-refractivity contribution in [3.8, 4) is 5.75 Å². The summed E-state index contributed by atoms with van der Waals surface area (Å²) in [6.45, 7) is 0.820. The quantitative estimate of drug-likeness (QED) is 0.716. The van der Waals surface area contributed by atoms with E-state index in [0.717, 1.165) is 18.3 Å². The Balaban J connectivity index is 1.85. The van der Waals surface area contributed by atoms with Crippen molar-refractivity contribution in [2.24, 2.45) is 5.92 Å². The van der Waals surface area contributed by atoms with E-state index in [0.29, 0.717) is 5.15 Å². The van der Waals surface area contributed by atoms with Crippen molar-refractivity contribution >= 4 is 11.6 Å². The molecule has 1 heterocycles. The molecule has 0 spiro atoms. The Hall–Kier alpha value is -0.760. The number of aromatic nitrogens is 1. The zero-order valence-corrected chi connectivity index (χ0v) is 8.83. The van der Waals surface area contributed by atoms with E-state index in [1.807, 2.05) is 6.07 Å². The van der Waals surface area contributed by atoms with Gasteiger partial charge in [0.25, 0.3) is 0 Å². The van der Waals surface area contributed by atoms with Crippen LogP contribution in [0, 0.1) is 5.92 Å². The van der Waals surface area contributed by atoms with Crippen molar-refractivity contribution in [2.45, 2.75) is 25.7 Å². The molecule has 1 aliphatic rings. The van der Waals surface area contributed by atoms with E-state index in [1.165, 1.54) is 25.7 Å². The van der Waals surface area contributed by atoms with Gasteiger partial charge in [0.05, 0.1) is 6.61 Å². The summed E-state index contributed by atoms with van der Waals surface area (Å²) >= 11 is 5.75. The van der Waals surface area contributed by atoms with Crippen molar-refractivity contribution in [1.29, 1.82) is 0 Å². The molecule has 1 fully saturated rings. The highest BCUT2D eigenvalue weighted by Crippen LogP contribution is 2.25. The molecular weight excluding hydrogens is 198 g/mol. The van der Waals surface area contributed by atoms with E-state index >= 15 is 0 Å². The Bertz CT molecular complexity index is 297. The molecule has 14 heavy (non-hydrogen) atoms. The lowest BCUT2D eigenvalue weighted by molar-refractivity contribution is 0.252. The van der Waals surface area contributed by atoms with Gasteiger partial charge >= 0.3 is 0 Å². The Kier molecular flexibility index (Phi) is 3.25. The van der Waals surface area contributed by atoms with Crippen molar-refractivity contribution in [3.63, 3.8) is 0 Å². The molecule has 1 aromatic rings. The molecule has 3 heteroatoms. The molecule has 1 aliphatic carbocycles. The van der Waals surface area contributed by atoms with Gasteiger partial charge in [-0.15, -0.1) is 0 Å². The fourth-order valence-corrected chi connectivity index (χ4v) is 2.03. The maximum absolute atomic E-state index is 5.75. The number of halogens is 1. The first-order valence-corrected chi connectivity index (χ1v) is 5.47. The molecule has 76 valence electrons. The van der Waals surface area contributed by atoms with Crippen LogP contribution in [0.1, 0.15) is 25.7 Å². The minimum absolute atomic E-state index is 0.494. The van der Waals surface area contributed by atoms with E-state index < -0.39 is 0 Å². The van der Waals surface area contributed by atoms with Gasteiger partial charge in [-0.25, -0.2) is 4.98 Å². The molecule has 2 nitrogen and oxygen atoms in total. The molecule has 1 saturated carbocycles. The van der Waals surface area contributed by atoms with Crippen molar-refractivity contribution < 1.29 is 4.74 Å². The standard InChI is InChI=1S/C11H14ClNO/c12-11-7-10(5-6-13-11)14-8-9-3-1-2-4-9/h5-7,9H,1-4,8H2. The molecule has 0 aliphatic heterocycles. The lowest BCUT2D eigenvalue weighted by Gasteiger charge is -2.10. The maximum Gasteiger partial charge on any atom is 0.132 e. The molecule has 0 saturated heterocycles. The third-order valence-electron chi connectivity index (χ3n) is 2.66. The van der Waals surface area contributed by atoms with Gasteiger partial charge in [-0.3, -0.25) is 0 Å². The van der Waals surface area contributed by atoms with Gasteiger partial charge < -0.3 is 4.74 Å². The fourth-order valence-electron chi connectivity index (χ4n) is 1.87. The molecule has 0 radical (unpaired) electrons. The maximum atomic E-state index is 5.75. The Morgan fingerprint density at radius 3 is 2.93 bits per heavy atom. The van der Waals surface area contributed by atoms with Gasteiger partial charge in [-0.2, -0.15) is 0 Å². The smallest absolute Gasteiger partial charge is 0.132 e. The topological polar surface area (TPSA) is 22.1 Å². The fraction of sp³-hybridized carbons (Fsp3) is 0.545. The average molecular weight is 212 g/mol. The number of hydrogen-bond acceptors (Lipinski definition) is 2. The first kappa shape index (κ1) is 9.78. The van der Waals surface area contributed by atoms with Crippen LogP contribution in [0.15, 0.2) is 18.3 Å². The van der Waals surface area contributed by atoms with Crippen LogP contribution in [-0.4, -0.2) is 11.6 Å². The Labute approximate surface area is 89.3 Å². The number of hydrogen-bond donors (Lipinski definition) is 0. The van der Waals surface area contributed by atoms with E-state index in [-0.39, 0.29) is 0 Å². The van der Waals surface area contributed by atoms with Crippen LogP contribution < -0.4 is 4.74 Å². The highest BCUT2D eigenvalue weighted by molar-refractivity contribution is 6.29. The lowest BCUT2D eigenvalue weighted by Crippen LogP contribution is -2.07. The van der Waals surface area contributed by atoms with E-state index in [4.69, 9.17) is 16.3 Å². The highest BCUT2D eigenvalue weighted by Gasteiger charge is 2.15. The van der Waals surface area contributed by atoms with Crippen LogP contribution in [0.4, 0.5) is 0 Å². The molecular formula is C11H14ClNO. The van der Waals surface area contributed by atoms with E-state index in [1.54, 1.807) is 12.3 Å².